The fourth-order valence-corrected chi connectivity index (χ4v) is 9.29. The van der Waals surface area contributed by atoms with Crippen LogP contribution in [0.2, 0.25) is 5.04 Å². The minimum Gasteiger partial charge on any atom is -0.405 e. The van der Waals surface area contributed by atoms with Crippen LogP contribution in [0.3, 0.4) is 0 Å². The number of hydrogen-bond acceptors (Lipinski definition) is 4. The van der Waals surface area contributed by atoms with Gasteiger partial charge in [-0.2, -0.15) is 0 Å². The van der Waals surface area contributed by atoms with Gasteiger partial charge in [0.25, 0.3) is 8.32 Å². The van der Waals surface area contributed by atoms with E-state index in [0.717, 1.165) is 13.0 Å². The Bertz CT molecular complexity index is 713. The number of rotatable bonds is 18. The van der Waals surface area contributed by atoms with E-state index in [1.165, 1.54) is 34.1 Å². The first-order valence-corrected chi connectivity index (χ1v) is 16.0. The molecule has 0 fully saturated rings. The Kier molecular flexibility index (Phi) is 14.6. The lowest BCUT2D eigenvalue weighted by Gasteiger charge is -2.43. The number of halogens is 1. The Hall–Kier alpha value is -0.773. The van der Waals surface area contributed by atoms with Crippen molar-refractivity contribution >= 4 is 41.3 Å². The molecule has 0 N–H and O–H groups in total. The number of hydrogen-bond donors (Lipinski definition) is 0. The molecule has 0 spiro atoms. The maximum absolute atomic E-state index is 6.83. The van der Waals surface area contributed by atoms with E-state index in [4.69, 9.17) is 18.6 Å². The third-order valence-electron chi connectivity index (χ3n) is 5.88. The predicted octanol–water partition coefficient (Wildman–Crippen LogP) is 5.61. The molecule has 0 bridgehead atoms. The van der Waals surface area contributed by atoms with Gasteiger partial charge in [-0.15, -0.1) is 0 Å². The second-order valence-electron chi connectivity index (χ2n) is 9.45. The van der Waals surface area contributed by atoms with Gasteiger partial charge in [0.1, 0.15) is 0 Å². The molecular weight excluding hydrogens is 555 g/mol. The second kappa shape index (κ2) is 16.8. The molecule has 0 saturated carbocycles. The van der Waals surface area contributed by atoms with Gasteiger partial charge >= 0.3 is 0 Å². The zero-order chi connectivity index (χ0) is 24.5. The molecule has 0 heterocycles. The van der Waals surface area contributed by atoms with E-state index in [-0.39, 0.29) is 5.04 Å². The van der Waals surface area contributed by atoms with Crippen LogP contribution in [0.15, 0.2) is 60.7 Å². The Morgan fingerprint density at radius 3 is 1.50 bits per heavy atom. The molecule has 0 amide bonds. The van der Waals surface area contributed by atoms with Crippen LogP contribution in [-0.4, -0.2) is 59.0 Å². The summed E-state index contributed by atoms with van der Waals surface area (Å²) in [7, 11) is -2.48. The largest absolute Gasteiger partial charge is 0.405 e. The smallest absolute Gasteiger partial charge is 0.261 e. The van der Waals surface area contributed by atoms with E-state index < -0.39 is 8.32 Å². The minimum atomic E-state index is -2.48. The Morgan fingerprint density at radius 1 is 0.588 bits per heavy atom. The third-order valence-corrected chi connectivity index (χ3v) is 11.7. The van der Waals surface area contributed by atoms with Crippen molar-refractivity contribution in [2.45, 2.75) is 51.5 Å². The van der Waals surface area contributed by atoms with E-state index >= 15 is 0 Å². The van der Waals surface area contributed by atoms with Crippen LogP contribution in [0.25, 0.3) is 0 Å². The van der Waals surface area contributed by atoms with Gasteiger partial charge in [-0.25, -0.2) is 0 Å². The van der Waals surface area contributed by atoms with Crippen LogP contribution in [0.4, 0.5) is 0 Å². The van der Waals surface area contributed by atoms with Gasteiger partial charge in [0.15, 0.2) is 0 Å². The quantitative estimate of drug-likeness (QED) is 0.0969. The fourth-order valence-electron chi connectivity index (χ4n) is 4.21. The Labute approximate surface area is 222 Å². The van der Waals surface area contributed by atoms with Crippen LogP contribution >= 0.6 is 22.6 Å². The summed E-state index contributed by atoms with van der Waals surface area (Å²) in [6, 6.07) is 21.4. The molecule has 2 rings (SSSR count). The lowest BCUT2D eigenvalue weighted by molar-refractivity contribution is 0.00824. The second-order valence-corrected chi connectivity index (χ2v) is 14.8. The summed E-state index contributed by atoms with van der Waals surface area (Å²) < 4.78 is 25.2. The first-order chi connectivity index (χ1) is 16.5. The highest BCUT2D eigenvalue weighted by Gasteiger charge is 2.49. The molecule has 0 aliphatic rings. The highest BCUT2D eigenvalue weighted by molar-refractivity contribution is 14.1. The fraction of sp³-hybridized carbons (Fsp3) is 0.571. The molecule has 2 aromatic rings. The molecule has 4 nitrogen and oxygen atoms in total. The van der Waals surface area contributed by atoms with Gasteiger partial charge in [-0.1, -0.05) is 117 Å². The van der Waals surface area contributed by atoms with Crippen molar-refractivity contribution in [3.8, 4) is 0 Å². The van der Waals surface area contributed by atoms with Crippen molar-refractivity contribution < 1.29 is 18.6 Å². The van der Waals surface area contributed by atoms with Gasteiger partial charge in [-0.05, 0) is 32.7 Å². The lowest BCUT2D eigenvalue weighted by Crippen LogP contribution is -2.66. The van der Waals surface area contributed by atoms with Gasteiger partial charge in [0.05, 0.1) is 39.6 Å². The van der Waals surface area contributed by atoms with Crippen molar-refractivity contribution in [2.75, 3.05) is 50.7 Å². The van der Waals surface area contributed by atoms with Crippen molar-refractivity contribution in [1.29, 1.82) is 0 Å². The lowest BCUT2D eigenvalue weighted by atomic mass is 10.2. The van der Waals surface area contributed by atoms with Crippen molar-refractivity contribution in [2.24, 2.45) is 0 Å². The maximum Gasteiger partial charge on any atom is 0.261 e. The summed E-state index contributed by atoms with van der Waals surface area (Å²) in [5, 5.41) is 2.57. The number of alkyl halides is 1. The molecule has 0 aliphatic heterocycles. The van der Waals surface area contributed by atoms with E-state index in [9.17, 15) is 0 Å². The van der Waals surface area contributed by atoms with E-state index in [2.05, 4.69) is 104 Å². The van der Waals surface area contributed by atoms with Gasteiger partial charge in [0, 0.05) is 6.61 Å². The average molecular weight is 599 g/mol. The normalized spacial score (nSPS) is 12.2. The Morgan fingerprint density at radius 2 is 1.03 bits per heavy atom. The van der Waals surface area contributed by atoms with E-state index in [1.54, 1.807) is 0 Å². The van der Waals surface area contributed by atoms with Crippen LogP contribution in [0.5, 0.6) is 0 Å². The first kappa shape index (κ1) is 29.5. The summed E-state index contributed by atoms with van der Waals surface area (Å²) in [4.78, 5) is 0. The zero-order valence-corrected chi connectivity index (χ0v) is 24.4. The molecule has 34 heavy (non-hydrogen) atoms. The van der Waals surface area contributed by atoms with Gasteiger partial charge < -0.3 is 18.6 Å². The molecule has 0 radical (unpaired) electrons. The molecule has 0 aliphatic carbocycles. The van der Waals surface area contributed by atoms with Crippen LogP contribution in [0, 0.1) is 0 Å². The van der Waals surface area contributed by atoms with Crippen LogP contribution in [0.1, 0.15) is 46.5 Å². The monoisotopic (exact) mass is 598 g/mol. The number of unbranched alkanes of at least 4 members (excludes halogenated alkanes) is 3. The number of ether oxygens (including phenoxy) is 3. The SMILES string of the molecule is CC(C)(C)[Si](OCCOCCOCCOCCCCCCI)(c1ccccc1)c1ccccc1. The first-order valence-electron chi connectivity index (χ1n) is 12.6. The standard InChI is InChI=1S/C28H43IO4Si/c1-28(2,3)34(26-14-8-6-9-15-26,27-16-10-7-11-17-27)33-25-24-32-23-22-31-21-20-30-19-13-5-4-12-18-29/h6-11,14-17H,4-5,12-13,18-25H2,1-3H3. The Balaban J connectivity index is 1.73. The molecule has 6 heteroatoms. The van der Waals surface area contributed by atoms with Crippen molar-refractivity contribution in [3.63, 3.8) is 0 Å². The van der Waals surface area contributed by atoms with E-state index in [0.29, 0.717) is 39.6 Å². The molecule has 0 atom stereocenters. The molecule has 0 unspecified atom stereocenters. The molecule has 190 valence electrons. The highest BCUT2D eigenvalue weighted by Crippen LogP contribution is 2.36. The van der Waals surface area contributed by atoms with Gasteiger partial charge in [-0.3, -0.25) is 0 Å². The molecular formula is C28H43IO4Si. The number of benzene rings is 2. The summed E-state index contributed by atoms with van der Waals surface area (Å²) in [5.41, 5.74) is 0. The van der Waals surface area contributed by atoms with Crippen LogP contribution < -0.4 is 10.4 Å². The minimum absolute atomic E-state index is 0.0194. The highest BCUT2D eigenvalue weighted by atomic mass is 127. The van der Waals surface area contributed by atoms with Crippen molar-refractivity contribution in [3.05, 3.63) is 60.7 Å². The summed E-state index contributed by atoms with van der Waals surface area (Å²) in [5.74, 6) is 0. The molecule has 2 aromatic carbocycles. The summed E-state index contributed by atoms with van der Waals surface area (Å²) >= 11 is 2.43. The summed E-state index contributed by atoms with van der Waals surface area (Å²) in [6.07, 6.45) is 5.02. The van der Waals surface area contributed by atoms with E-state index in [1.807, 2.05) is 0 Å². The zero-order valence-electron chi connectivity index (χ0n) is 21.3. The predicted molar refractivity (Wildman–Crippen MR) is 153 cm³/mol. The van der Waals surface area contributed by atoms with Crippen molar-refractivity contribution in [1.82, 2.24) is 0 Å². The third kappa shape index (κ3) is 9.70. The molecule has 0 aromatic heterocycles. The molecule has 0 saturated heterocycles. The van der Waals surface area contributed by atoms with Gasteiger partial charge in [0.2, 0.25) is 0 Å². The maximum atomic E-state index is 6.83. The summed E-state index contributed by atoms with van der Waals surface area (Å²) in [6.45, 7) is 11.3. The average Bonchev–Trinajstić information content (AvgIpc) is 2.84. The van der Waals surface area contributed by atoms with Crippen LogP contribution in [-0.2, 0) is 18.6 Å². The topological polar surface area (TPSA) is 36.9 Å².